The van der Waals surface area contributed by atoms with Crippen LogP contribution in [0.15, 0.2) is 121 Å². The number of fused-ring (bicyclic) bond motifs is 6. The summed E-state index contributed by atoms with van der Waals surface area (Å²) in [6.07, 6.45) is 22.4. The molecule has 4 aromatic carbocycles. The molecule has 0 spiro atoms. The number of hydrogen-bond acceptors (Lipinski definition) is 3. The van der Waals surface area contributed by atoms with Crippen molar-refractivity contribution in [1.29, 1.82) is 0 Å². The van der Waals surface area contributed by atoms with Gasteiger partial charge in [0.15, 0.2) is 5.71 Å². The van der Waals surface area contributed by atoms with Gasteiger partial charge in [0.1, 0.15) is 6.54 Å². The summed E-state index contributed by atoms with van der Waals surface area (Å²) in [7, 11) is 0. The fraction of sp³-hybridized carbons (Fsp3) is 0.412. The molecule has 0 bridgehead atoms. The summed E-state index contributed by atoms with van der Waals surface area (Å²) < 4.78 is 8.07. The van der Waals surface area contributed by atoms with Crippen LogP contribution in [-0.2, 0) is 20.4 Å². The molecule has 0 saturated carbocycles. The highest BCUT2D eigenvalue weighted by atomic mass is 16.5. The zero-order valence-corrected chi connectivity index (χ0v) is 34.8. The third-order valence-corrected chi connectivity index (χ3v) is 11.4. The topological polar surface area (TPSA) is 32.5 Å². The smallest absolute Gasteiger partial charge is 0.305 e. The first kappa shape index (κ1) is 40.0. The average molecular weight is 736 g/mol. The van der Waals surface area contributed by atoms with Crippen LogP contribution in [0, 0.1) is 5.41 Å². The van der Waals surface area contributed by atoms with Crippen LogP contribution in [0.5, 0.6) is 0 Å². The fourth-order valence-corrected chi connectivity index (χ4v) is 8.64. The molecule has 288 valence electrons. The van der Waals surface area contributed by atoms with E-state index in [0.29, 0.717) is 13.0 Å². The molecule has 2 heterocycles. The Labute approximate surface area is 331 Å². The van der Waals surface area contributed by atoms with Gasteiger partial charge in [-0.05, 0) is 83.8 Å². The van der Waals surface area contributed by atoms with E-state index in [9.17, 15) is 4.79 Å². The number of ether oxygens (including phenoxy) is 1. The van der Waals surface area contributed by atoms with Crippen molar-refractivity contribution in [3.05, 3.63) is 132 Å². The zero-order valence-electron chi connectivity index (χ0n) is 34.8. The van der Waals surface area contributed by atoms with Gasteiger partial charge in [-0.15, -0.1) is 0 Å². The van der Waals surface area contributed by atoms with Crippen molar-refractivity contribution in [1.82, 2.24) is 0 Å². The third-order valence-electron chi connectivity index (χ3n) is 11.4. The van der Waals surface area contributed by atoms with Crippen molar-refractivity contribution < 1.29 is 14.1 Å². The number of carbonyl (C=O) groups excluding carboxylic acids is 1. The number of esters is 1. The molecule has 0 saturated heterocycles. The number of rotatable bonds is 15. The average Bonchev–Trinajstić information content (AvgIpc) is 3.51. The SMILES string of the molecule is CCCCC[N+]1=C(/C=C/C=C/C=C/C=C2/N(CCCCCC(=O)OCC(C)(C)C)c3ccc4ccccc4c3C2(C)C)C(C)(C)c2c1ccc1ccccc21. The van der Waals surface area contributed by atoms with E-state index in [1.54, 1.807) is 0 Å². The second kappa shape index (κ2) is 17.0. The number of benzene rings is 4. The molecular formula is C51H63N2O2+. The molecule has 0 unspecified atom stereocenters. The first-order chi connectivity index (χ1) is 26.3. The fourth-order valence-electron chi connectivity index (χ4n) is 8.64. The predicted molar refractivity (Wildman–Crippen MR) is 235 cm³/mol. The highest BCUT2D eigenvalue weighted by Gasteiger charge is 2.45. The molecule has 0 fully saturated rings. The van der Waals surface area contributed by atoms with Gasteiger partial charge in [0, 0.05) is 53.9 Å². The largest absolute Gasteiger partial charge is 0.465 e. The number of unbranched alkanes of at least 4 members (excludes halogenated alkanes) is 4. The lowest BCUT2D eigenvalue weighted by Gasteiger charge is -2.27. The van der Waals surface area contributed by atoms with Crippen molar-refractivity contribution in [2.75, 3.05) is 24.6 Å². The molecule has 0 aromatic heterocycles. The highest BCUT2D eigenvalue weighted by molar-refractivity contribution is 6.07. The van der Waals surface area contributed by atoms with Gasteiger partial charge in [-0.3, -0.25) is 4.79 Å². The molecule has 55 heavy (non-hydrogen) atoms. The van der Waals surface area contributed by atoms with Gasteiger partial charge in [0.2, 0.25) is 5.69 Å². The van der Waals surface area contributed by atoms with Gasteiger partial charge < -0.3 is 9.64 Å². The van der Waals surface area contributed by atoms with Gasteiger partial charge in [-0.2, -0.15) is 4.58 Å². The highest BCUT2D eigenvalue weighted by Crippen LogP contribution is 2.51. The monoisotopic (exact) mass is 735 g/mol. The molecule has 4 nitrogen and oxygen atoms in total. The standard InChI is InChI=1S/C51H63N2O2/c1-9-10-22-35-52-42-33-31-38-24-18-20-26-40(38)47(42)50(5,6)44(52)28-15-12-11-13-16-29-45-51(7,8)48-41-27-21-19-25-39(41)32-34-43(48)53(45)36-23-14-17-30-46(54)55-37-49(2,3)4/h11-13,15-16,18-21,24-29,31-34H,9-10,14,17,22-23,30,35-37H2,1-8H3/q+1. The summed E-state index contributed by atoms with van der Waals surface area (Å²) >= 11 is 0. The lowest BCUT2D eigenvalue weighted by Crippen LogP contribution is -2.28. The molecule has 0 N–H and O–H groups in total. The molecule has 4 heteroatoms. The summed E-state index contributed by atoms with van der Waals surface area (Å²) in [5, 5.41) is 5.26. The Morgan fingerprint density at radius 3 is 2.09 bits per heavy atom. The predicted octanol–water partition coefficient (Wildman–Crippen LogP) is 13.1. The molecule has 4 aromatic rings. The van der Waals surface area contributed by atoms with Gasteiger partial charge in [-0.25, -0.2) is 0 Å². The normalized spacial score (nSPS) is 17.2. The number of hydrogen-bond donors (Lipinski definition) is 0. The Kier molecular flexibility index (Phi) is 12.3. The van der Waals surface area contributed by atoms with E-state index in [4.69, 9.17) is 4.74 Å². The minimum absolute atomic E-state index is 0.00989. The Hall–Kier alpha value is -4.70. The maximum Gasteiger partial charge on any atom is 0.305 e. The van der Waals surface area contributed by atoms with E-state index in [1.165, 1.54) is 74.7 Å². The van der Waals surface area contributed by atoms with Gasteiger partial charge in [-0.1, -0.05) is 139 Å². The summed E-state index contributed by atoms with van der Waals surface area (Å²) in [6, 6.07) is 26.7. The molecule has 0 radical (unpaired) electrons. The van der Waals surface area contributed by atoms with Crippen LogP contribution in [0.3, 0.4) is 0 Å². The molecular weight excluding hydrogens is 673 g/mol. The lowest BCUT2D eigenvalue weighted by molar-refractivity contribution is -0.438. The van der Waals surface area contributed by atoms with Crippen LogP contribution in [0.4, 0.5) is 11.4 Å². The van der Waals surface area contributed by atoms with E-state index in [2.05, 4.69) is 180 Å². The second-order valence-corrected chi connectivity index (χ2v) is 17.7. The van der Waals surface area contributed by atoms with Crippen LogP contribution in [0.1, 0.15) is 111 Å². The van der Waals surface area contributed by atoms with Crippen molar-refractivity contribution in [2.24, 2.45) is 5.41 Å². The number of anilines is 1. The first-order valence-electron chi connectivity index (χ1n) is 20.7. The van der Waals surface area contributed by atoms with Crippen molar-refractivity contribution >= 4 is 44.6 Å². The van der Waals surface area contributed by atoms with Gasteiger partial charge >= 0.3 is 5.97 Å². The Morgan fingerprint density at radius 2 is 1.38 bits per heavy atom. The first-order valence-corrected chi connectivity index (χ1v) is 20.7. The van der Waals surface area contributed by atoms with Crippen LogP contribution in [-0.4, -0.2) is 36.0 Å². The Balaban J connectivity index is 1.19. The minimum Gasteiger partial charge on any atom is -0.465 e. The third kappa shape index (κ3) is 8.75. The lowest BCUT2D eigenvalue weighted by atomic mass is 9.79. The van der Waals surface area contributed by atoms with Crippen molar-refractivity contribution in [3.8, 4) is 0 Å². The molecule has 6 rings (SSSR count). The zero-order chi connectivity index (χ0) is 39.2. The summed E-state index contributed by atoms with van der Waals surface area (Å²) in [5.74, 6) is -0.0868. The molecule has 0 amide bonds. The Morgan fingerprint density at radius 1 is 0.727 bits per heavy atom. The Bertz CT molecular complexity index is 2170. The maximum absolute atomic E-state index is 12.3. The summed E-state index contributed by atoms with van der Waals surface area (Å²) in [5.41, 5.74) is 7.87. The second-order valence-electron chi connectivity index (χ2n) is 17.7. The molecule has 2 aliphatic heterocycles. The van der Waals surface area contributed by atoms with Crippen molar-refractivity contribution in [3.63, 3.8) is 0 Å². The molecule has 2 aliphatic rings. The maximum atomic E-state index is 12.3. The van der Waals surface area contributed by atoms with E-state index in [0.717, 1.165) is 32.4 Å². The number of nitrogens with zero attached hydrogens (tertiary/aromatic N) is 2. The number of allylic oxidation sites excluding steroid dienone is 8. The quantitative estimate of drug-likeness (QED) is 0.0527. The molecule has 0 atom stereocenters. The van der Waals surface area contributed by atoms with Gasteiger partial charge in [0.05, 0.1) is 12.0 Å². The van der Waals surface area contributed by atoms with Crippen LogP contribution < -0.4 is 4.90 Å². The summed E-state index contributed by atoms with van der Waals surface area (Å²) in [6.45, 7) is 20.4. The van der Waals surface area contributed by atoms with E-state index >= 15 is 0 Å². The molecule has 0 aliphatic carbocycles. The van der Waals surface area contributed by atoms with E-state index in [1.807, 2.05) is 0 Å². The van der Waals surface area contributed by atoms with Crippen LogP contribution in [0.25, 0.3) is 21.5 Å². The van der Waals surface area contributed by atoms with Crippen LogP contribution in [0.2, 0.25) is 0 Å². The van der Waals surface area contributed by atoms with Crippen molar-refractivity contribution in [2.45, 2.75) is 111 Å². The van der Waals surface area contributed by atoms with E-state index in [-0.39, 0.29) is 22.2 Å². The summed E-state index contributed by atoms with van der Waals surface area (Å²) in [4.78, 5) is 14.8. The minimum atomic E-state index is -0.161. The number of carbonyl (C=O) groups is 1. The van der Waals surface area contributed by atoms with E-state index < -0.39 is 0 Å². The van der Waals surface area contributed by atoms with Crippen LogP contribution >= 0.6 is 0 Å². The van der Waals surface area contributed by atoms with Gasteiger partial charge in [0.25, 0.3) is 0 Å².